The van der Waals surface area contributed by atoms with Gasteiger partial charge in [-0.15, -0.1) is 0 Å². The first-order valence-corrected chi connectivity index (χ1v) is 25.3. The molecule has 26 heteroatoms. The van der Waals surface area contributed by atoms with Gasteiger partial charge in [0.2, 0.25) is 23.4 Å². The smallest absolute Gasteiger partial charge is 0.228 e. The Morgan fingerprint density at radius 2 is 1.21 bits per heavy atom. The maximum Gasteiger partial charge on any atom is 0.228 e. The Morgan fingerprint density at radius 3 is 1.68 bits per heavy atom. The summed E-state index contributed by atoms with van der Waals surface area (Å²) in [4.78, 5) is 62.2. The van der Waals surface area contributed by atoms with Crippen molar-refractivity contribution in [1.82, 2.24) is 35.4 Å². The first-order valence-electron chi connectivity index (χ1n) is 19.4. The first kappa shape index (κ1) is 63.1. The average Bonchev–Trinajstić information content (AvgIpc) is 3.40. The third-order valence-electron chi connectivity index (χ3n) is 8.00. The maximum atomic E-state index is 11.8. The topological polar surface area (TPSA) is 279 Å². The van der Waals surface area contributed by atoms with Crippen LogP contribution in [0.1, 0.15) is 64.6 Å². The zero-order valence-corrected chi connectivity index (χ0v) is 45.0. The highest BCUT2D eigenvalue weighted by molar-refractivity contribution is 9.11. The van der Waals surface area contributed by atoms with Crippen LogP contribution in [0.2, 0.25) is 0 Å². The van der Waals surface area contributed by atoms with E-state index in [1.165, 1.54) is 20.4 Å². The highest BCUT2D eigenvalue weighted by Gasteiger charge is 2.21. The van der Waals surface area contributed by atoms with Gasteiger partial charge < -0.3 is 35.7 Å². The molecule has 6 aromatic rings. The lowest BCUT2D eigenvalue weighted by Crippen LogP contribution is -2.33. The monoisotopic (exact) mass is 1270 g/mol. The van der Waals surface area contributed by atoms with Crippen molar-refractivity contribution in [2.75, 3.05) is 46.5 Å². The summed E-state index contributed by atoms with van der Waals surface area (Å²) in [6.45, 7) is 2.08. The Hall–Kier alpha value is -5.95. The number of ether oxygens (including phenoxy) is 3. The van der Waals surface area contributed by atoms with Crippen molar-refractivity contribution >= 4 is 112 Å². The van der Waals surface area contributed by atoms with Crippen LogP contribution in [0, 0.1) is 0 Å². The molecule has 0 bridgehead atoms. The van der Waals surface area contributed by atoms with Crippen LogP contribution in [-0.2, 0) is 21.5 Å². The van der Waals surface area contributed by atoms with Crippen molar-refractivity contribution in [3.05, 3.63) is 157 Å². The SMILES string of the molecule is C.C.COc1nc(/C(N)=N/O)ccc1Br.COc1nc(/C(N)=N/OCC(=O)c2ccccn2)ccc1Br.COc1nc(C2=NC(c3ccccn3)CON2)ccc1Br.CP=S.O=C(CBr)c1ccccn1. The van der Waals surface area contributed by atoms with Gasteiger partial charge in [-0.25, -0.2) is 20.4 Å². The van der Waals surface area contributed by atoms with Gasteiger partial charge in [0.1, 0.15) is 41.1 Å². The van der Waals surface area contributed by atoms with Crippen molar-refractivity contribution in [1.29, 1.82) is 0 Å². The number of Topliss-reactive ketones (excluding diaryl/α,β-unsaturated/α-hetero) is 2. The van der Waals surface area contributed by atoms with Crippen LogP contribution in [-0.4, -0.2) is 111 Å². The van der Waals surface area contributed by atoms with Gasteiger partial charge in [-0.3, -0.25) is 34.4 Å². The van der Waals surface area contributed by atoms with E-state index in [9.17, 15) is 9.59 Å². The van der Waals surface area contributed by atoms with Crippen molar-refractivity contribution < 1.29 is 38.7 Å². The standard InChI is InChI=1S/C14H13BrN4O3.C14H13BrN4O2.C7H8BrN3O2.C7H6BrNO.CH3PS.2CH4/c1-21-14-9(15)5-6-11(18-14)13(16)19-22-8-12(20)10-4-2-3-7-17-10;1-20-14-9(15)5-6-11(18-14)13-17-12(8-21-19-13)10-4-2-3-7-16-10;1-13-7-4(8)2-3-5(10-7)6(9)11-12;8-5-7(10)6-3-1-2-4-9-6;1-2-3;;/h2-7H,8H2,1H3,(H2,16,19);2-7,12H,8H2,1H3,(H,17,19);2-3,12H,1H3,(H2,9,11);1-4H,5H2;1H3;2*1H4. The van der Waals surface area contributed by atoms with Crippen molar-refractivity contribution in [2.45, 2.75) is 20.9 Å². The second kappa shape index (κ2) is 35.2. The number of hydrogen-bond donors (Lipinski definition) is 4. The number of halogens is 4. The first-order chi connectivity index (χ1) is 33.3. The molecule has 71 heavy (non-hydrogen) atoms. The number of aromatic nitrogens is 6. The summed E-state index contributed by atoms with van der Waals surface area (Å²) in [6.07, 6.45) is 4.88. The largest absolute Gasteiger partial charge is 0.480 e. The second-order valence-electron chi connectivity index (χ2n) is 12.6. The number of carbonyl (C=O) groups is 2. The van der Waals surface area contributed by atoms with E-state index >= 15 is 0 Å². The quantitative estimate of drug-likeness (QED) is 0.0160. The molecule has 0 fully saturated rings. The molecule has 6 N–H and O–H groups in total. The summed E-state index contributed by atoms with van der Waals surface area (Å²) in [5.41, 5.74) is 17.0. The van der Waals surface area contributed by atoms with Gasteiger partial charge in [0.25, 0.3) is 0 Å². The van der Waals surface area contributed by atoms with Crippen LogP contribution in [0.5, 0.6) is 17.6 Å². The summed E-state index contributed by atoms with van der Waals surface area (Å²) in [5, 5.41) is 15.2. The third kappa shape index (κ3) is 21.5. The molecule has 6 aromatic heterocycles. The molecule has 1 aliphatic rings. The lowest BCUT2D eigenvalue weighted by atomic mass is 10.2. The number of carbonyl (C=O) groups excluding carboxylic acids is 2. The number of nitrogens with zero attached hydrogens (tertiary/aromatic N) is 9. The second-order valence-corrected chi connectivity index (χ2v) is 17.1. The van der Waals surface area contributed by atoms with Crippen LogP contribution in [0.25, 0.3) is 0 Å². The molecule has 0 aliphatic carbocycles. The summed E-state index contributed by atoms with van der Waals surface area (Å²) in [7, 11) is 5.55. The van der Waals surface area contributed by atoms with E-state index in [-0.39, 0.29) is 50.7 Å². The molecular weight excluding hydrogens is 1220 g/mol. The van der Waals surface area contributed by atoms with E-state index in [1.807, 2.05) is 37.0 Å². The predicted octanol–water partition coefficient (Wildman–Crippen LogP) is 8.94. The van der Waals surface area contributed by atoms with Crippen LogP contribution in [0.4, 0.5) is 0 Å². The number of nitrogens with two attached hydrogens (primary N) is 2. The zero-order chi connectivity index (χ0) is 50.6. The molecule has 7 rings (SSSR count). The maximum absolute atomic E-state index is 11.8. The number of oxime groups is 2. The Bertz CT molecular complexity index is 2670. The lowest BCUT2D eigenvalue weighted by Gasteiger charge is -2.21. The molecule has 7 heterocycles. The predicted molar refractivity (Wildman–Crippen MR) is 292 cm³/mol. The highest BCUT2D eigenvalue weighted by Crippen LogP contribution is 2.25. The van der Waals surface area contributed by atoms with Gasteiger partial charge in [0, 0.05) is 18.6 Å². The van der Waals surface area contributed by atoms with Gasteiger partial charge in [-0.05, 0) is 135 Å². The summed E-state index contributed by atoms with van der Waals surface area (Å²) in [6, 6.07) is 26.3. The number of amidine groups is 3. The molecule has 0 saturated heterocycles. The van der Waals surface area contributed by atoms with Crippen LogP contribution >= 0.6 is 71.1 Å². The molecule has 1 unspecified atom stereocenters. The fourth-order valence-electron chi connectivity index (χ4n) is 4.82. The molecule has 1 aliphatic heterocycles. The zero-order valence-electron chi connectivity index (χ0n) is 36.9. The van der Waals surface area contributed by atoms with E-state index < -0.39 is 0 Å². The third-order valence-corrected chi connectivity index (χ3v) is 10.3. The van der Waals surface area contributed by atoms with E-state index in [2.05, 4.69) is 126 Å². The van der Waals surface area contributed by atoms with Gasteiger partial charge in [-0.2, -0.15) is 0 Å². The van der Waals surface area contributed by atoms with Gasteiger partial charge in [-0.1, -0.05) is 71.1 Å². The normalized spacial score (nSPS) is 12.4. The molecular formula is C45H51Br4N12O8PS. The number of alkyl halides is 1. The van der Waals surface area contributed by atoms with Crippen molar-refractivity contribution in [2.24, 2.45) is 26.8 Å². The minimum absolute atomic E-state index is 0. The van der Waals surface area contributed by atoms with Crippen molar-refractivity contribution in [3.8, 4) is 17.6 Å². The number of pyridine rings is 6. The number of rotatable bonds is 13. The fraction of sp³-hybridized carbons (Fsp3) is 0.222. The average molecular weight is 1270 g/mol. The number of nitrogens with one attached hydrogen (secondary N) is 1. The molecule has 0 aromatic carbocycles. The Labute approximate surface area is 451 Å². The van der Waals surface area contributed by atoms with E-state index in [0.29, 0.717) is 72.8 Å². The number of hydrogen-bond acceptors (Lipinski definition) is 19. The van der Waals surface area contributed by atoms with E-state index in [0.717, 1.165) is 17.5 Å². The minimum atomic E-state index is -0.293. The fourth-order valence-corrected chi connectivity index (χ4v) is 6.26. The number of ketones is 2. The molecule has 0 saturated carbocycles. The van der Waals surface area contributed by atoms with Crippen LogP contribution in [0.3, 0.4) is 0 Å². The highest BCUT2D eigenvalue weighted by atomic mass is 79.9. The van der Waals surface area contributed by atoms with Crippen LogP contribution in [0.15, 0.2) is 138 Å². The number of methoxy groups -OCH3 is 3. The van der Waals surface area contributed by atoms with Gasteiger partial charge in [0.05, 0.1) is 45.8 Å². The molecule has 1 atom stereocenters. The van der Waals surface area contributed by atoms with Gasteiger partial charge >= 0.3 is 0 Å². The summed E-state index contributed by atoms with van der Waals surface area (Å²) >= 11 is 17.3. The minimum Gasteiger partial charge on any atom is -0.480 e. The summed E-state index contributed by atoms with van der Waals surface area (Å²) in [5.74, 6) is 1.54. The Kier molecular flexibility index (Phi) is 31.3. The Balaban J connectivity index is 0.000000478. The van der Waals surface area contributed by atoms with E-state index in [4.69, 9.17) is 40.6 Å². The Morgan fingerprint density at radius 1 is 0.732 bits per heavy atom. The summed E-state index contributed by atoms with van der Waals surface area (Å²) < 4.78 is 17.4. The number of aliphatic imine (C=N–C) groups is 1. The van der Waals surface area contributed by atoms with Crippen molar-refractivity contribution in [3.63, 3.8) is 0 Å². The molecule has 20 nitrogen and oxygen atoms in total. The number of hydroxylamine groups is 1. The molecule has 378 valence electrons. The van der Waals surface area contributed by atoms with Crippen LogP contribution < -0.4 is 31.2 Å². The van der Waals surface area contributed by atoms with E-state index in [1.54, 1.807) is 80.2 Å². The van der Waals surface area contributed by atoms with Gasteiger partial charge in [0.15, 0.2) is 29.9 Å². The molecule has 0 spiro atoms. The lowest BCUT2D eigenvalue weighted by molar-refractivity contribution is 0.0612. The molecule has 0 radical (unpaired) electrons. The molecule has 0 amide bonds.